The van der Waals surface area contributed by atoms with Gasteiger partial charge in [0.1, 0.15) is 9.84 Å². The molecule has 0 aliphatic carbocycles. The Balaban J connectivity index is 1.74. The van der Waals surface area contributed by atoms with E-state index >= 15 is 0 Å². The molecule has 21 heavy (non-hydrogen) atoms. The van der Waals surface area contributed by atoms with E-state index < -0.39 is 9.84 Å². The van der Waals surface area contributed by atoms with Crippen molar-refractivity contribution in [2.24, 2.45) is 0 Å². The first-order chi connectivity index (χ1) is 9.85. The fraction of sp³-hybridized carbons (Fsp3) is 0.538. The molecule has 1 amide bonds. The molecule has 1 saturated heterocycles. The molecule has 0 atom stereocenters. The van der Waals surface area contributed by atoms with Crippen molar-refractivity contribution in [3.8, 4) is 0 Å². The number of halogens is 1. The van der Waals surface area contributed by atoms with Gasteiger partial charge in [0.05, 0.1) is 20.7 Å². The maximum Gasteiger partial charge on any atom is 0.220 e. The Labute approximate surface area is 132 Å². The van der Waals surface area contributed by atoms with E-state index in [1.807, 2.05) is 0 Å². The zero-order chi connectivity index (χ0) is 15.5. The number of nitrogens with one attached hydrogen (secondary N) is 1. The van der Waals surface area contributed by atoms with E-state index in [1.165, 1.54) is 11.3 Å². The van der Waals surface area contributed by atoms with Crippen LogP contribution >= 0.6 is 22.9 Å². The molecule has 0 bridgehead atoms. The van der Waals surface area contributed by atoms with E-state index in [2.05, 4.69) is 5.32 Å². The third-order valence-electron chi connectivity index (χ3n) is 3.35. The van der Waals surface area contributed by atoms with Crippen LogP contribution in [0.15, 0.2) is 12.1 Å². The minimum absolute atomic E-state index is 0.103. The van der Waals surface area contributed by atoms with Gasteiger partial charge in [0.2, 0.25) is 5.91 Å². The third-order valence-corrected chi connectivity index (χ3v) is 6.33. The van der Waals surface area contributed by atoms with Crippen molar-refractivity contribution in [2.45, 2.75) is 31.7 Å². The molecular formula is C13H16ClNO4S2. The number of hydrogen-bond acceptors (Lipinski definition) is 5. The van der Waals surface area contributed by atoms with E-state index in [1.54, 1.807) is 12.1 Å². The van der Waals surface area contributed by atoms with Crippen LogP contribution in [0.5, 0.6) is 0 Å². The Morgan fingerprint density at radius 3 is 2.48 bits per heavy atom. The van der Waals surface area contributed by atoms with Crippen molar-refractivity contribution in [2.75, 3.05) is 11.5 Å². The second-order valence-electron chi connectivity index (χ2n) is 5.02. The van der Waals surface area contributed by atoms with Crippen molar-refractivity contribution in [1.82, 2.24) is 5.32 Å². The highest BCUT2D eigenvalue weighted by Crippen LogP contribution is 2.23. The van der Waals surface area contributed by atoms with Gasteiger partial charge < -0.3 is 5.32 Å². The highest BCUT2D eigenvalue weighted by Gasteiger charge is 2.24. The zero-order valence-electron chi connectivity index (χ0n) is 11.3. The first kappa shape index (κ1) is 16.5. The molecule has 1 aromatic rings. The van der Waals surface area contributed by atoms with Gasteiger partial charge in [-0.2, -0.15) is 0 Å². The summed E-state index contributed by atoms with van der Waals surface area (Å²) in [5.74, 6) is -0.0848. The smallest absolute Gasteiger partial charge is 0.220 e. The molecule has 1 N–H and O–H groups in total. The molecule has 0 unspecified atom stereocenters. The van der Waals surface area contributed by atoms with Crippen LogP contribution in [0.3, 0.4) is 0 Å². The Hall–Kier alpha value is -0.920. The first-order valence-corrected chi connectivity index (χ1v) is 9.65. The maximum absolute atomic E-state index is 11.8. The van der Waals surface area contributed by atoms with E-state index in [0.29, 0.717) is 22.1 Å². The minimum atomic E-state index is -2.93. The van der Waals surface area contributed by atoms with Gasteiger partial charge in [-0.3, -0.25) is 9.59 Å². The summed E-state index contributed by atoms with van der Waals surface area (Å²) in [6.45, 7) is 0. The van der Waals surface area contributed by atoms with E-state index in [4.69, 9.17) is 11.6 Å². The molecule has 1 aliphatic rings. The summed E-state index contributed by atoms with van der Waals surface area (Å²) in [4.78, 5) is 24.2. The molecule has 0 aromatic carbocycles. The second kappa shape index (κ2) is 6.89. The average molecular weight is 350 g/mol. The summed E-state index contributed by atoms with van der Waals surface area (Å²) < 4.78 is 23.1. The van der Waals surface area contributed by atoms with Crippen LogP contribution in [0.4, 0.5) is 0 Å². The van der Waals surface area contributed by atoms with Crippen molar-refractivity contribution in [3.63, 3.8) is 0 Å². The van der Waals surface area contributed by atoms with Gasteiger partial charge in [-0.15, -0.1) is 11.3 Å². The van der Waals surface area contributed by atoms with Crippen molar-refractivity contribution >= 4 is 44.5 Å². The molecule has 5 nitrogen and oxygen atoms in total. The quantitative estimate of drug-likeness (QED) is 0.825. The van der Waals surface area contributed by atoms with Crippen molar-refractivity contribution in [3.05, 3.63) is 21.3 Å². The molecule has 0 saturated carbocycles. The van der Waals surface area contributed by atoms with Crippen LogP contribution in [0.25, 0.3) is 0 Å². The molecule has 1 aliphatic heterocycles. The van der Waals surface area contributed by atoms with Gasteiger partial charge in [-0.25, -0.2) is 8.42 Å². The zero-order valence-corrected chi connectivity index (χ0v) is 13.7. The minimum Gasteiger partial charge on any atom is -0.353 e. The number of thiophene rings is 1. The van der Waals surface area contributed by atoms with Gasteiger partial charge in [-0.05, 0) is 25.0 Å². The van der Waals surface area contributed by atoms with Crippen LogP contribution in [-0.4, -0.2) is 37.7 Å². The second-order valence-corrected chi connectivity index (χ2v) is 9.04. The number of carbonyl (C=O) groups excluding carboxylic acids is 2. The summed E-state index contributed by atoms with van der Waals surface area (Å²) in [6.07, 6.45) is 1.14. The lowest BCUT2D eigenvalue weighted by Crippen LogP contribution is -2.40. The maximum atomic E-state index is 11.8. The van der Waals surface area contributed by atoms with E-state index in [0.717, 1.165) is 0 Å². The molecule has 0 radical (unpaired) electrons. The largest absolute Gasteiger partial charge is 0.353 e. The predicted octanol–water partition coefficient (Wildman–Crippen LogP) is 2.06. The molecule has 8 heteroatoms. The van der Waals surface area contributed by atoms with E-state index in [9.17, 15) is 18.0 Å². The van der Waals surface area contributed by atoms with Gasteiger partial charge >= 0.3 is 0 Å². The van der Waals surface area contributed by atoms with E-state index in [-0.39, 0.29) is 42.1 Å². The molecule has 1 fully saturated rings. The number of rotatable bonds is 5. The van der Waals surface area contributed by atoms with Gasteiger partial charge in [0.15, 0.2) is 5.78 Å². The fourth-order valence-corrected chi connectivity index (χ4v) is 4.65. The lowest BCUT2D eigenvalue weighted by atomic mass is 10.1. The Kier molecular flexibility index (Phi) is 5.40. The molecular weight excluding hydrogens is 334 g/mol. The lowest BCUT2D eigenvalue weighted by molar-refractivity contribution is -0.121. The lowest BCUT2D eigenvalue weighted by Gasteiger charge is -2.22. The van der Waals surface area contributed by atoms with Crippen LogP contribution in [0, 0.1) is 0 Å². The Bertz CT molecular complexity index is 624. The van der Waals surface area contributed by atoms with Gasteiger partial charge in [-0.1, -0.05) is 11.6 Å². The first-order valence-electron chi connectivity index (χ1n) is 6.64. The highest BCUT2D eigenvalue weighted by molar-refractivity contribution is 7.91. The SMILES string of the molecule is O=C(CCC(=O)c1ccc(Cl)s1)NC1CCS(=O)(=O)CC1. The summed E-state index contributed by atoms with van der Waals surface area (Å²) in [6, 6.07) is 3.20. The topological polar surface area (TPSA) is 80.3 Å². The average Bonchev–Trinajstić information content (AvgIpc) is 2.85. The number of Topliss-reactive ketones (excluding diaryl/α,β-unsaturated/α-hetero) is 1. The number of carbonyl (C=O) groups is 2. The third kappa shape index (κ3) is 5.09. The van der Waals surface area contributed by atoms with Gasteiger partial charge in [0, 0.05) is 18.9 Å². The molecule has 116 valence electrons. The van der Waals surface area contributed by atoms with Crippen molar-refractivity contribution < 1.29 is 18.0 Å². The summed E-state index contributed by atoms with van der Waals surface area (Å²) in [7, 11) is -2.93. The Morgan fingerprint density at radius 1 is 1.24 bits per heavy atom. The van der Waals surface area contributed by atoms with Crippen LogP contribution in [-0.2, 0) is 14.6 Å². The summed E-state index contributed by atoms with van der Waals surface area (Å²) in [5.41, 5.74) is 0. The number of amides is 1. The van der Waals surface area contributed by atoms with Gasteiger partial charge in [0.25, 0.3) is 0 Å². The molecule has 2 rings (SSSR count). The number of sulfone groups is 1. The van der Waals surface area contributed by atoms with Crippen molar-refractivity contribution in [1.29, 1.82) is 0 Å². The molecule has 2 heterocycles. The predicted molar refractivity (Wildman–Crippen MR) is 82.7 cm³/mol. The monoisotopic (exact) mass is 349 g/mol. The van der Waals surface area contributed by atoms with Crippen LogP contribution in [0.2, 0.25) is 4.34 Å². The number of ketones is 1. The summed E-state index contributed by atoms with van der Waals surface area (Å²) >= 11 is 6.96. The highest BCUT2D eigenvalue weighted by atomic mass is 35.5. The fourth-order valence-electron chi connectivity index (χ4n) is 2.15. The van der Waals surface area contributed by atoms with Crippen LogP contribution < -0.4 is 5.32 Å². The number of hydrogen-bond donors (Lipinski definition) is 1. The van der Waals surface area contributed by atoms with Crippen LogP contribution in [0.1, 0.15) is 35.4 Å². The standard InChI is InChI=1S/C13H16ClNO4S2/c14-12-3-2-11(20-12)10(16)1-4-13(17)15-9-5-7-21(18,19)8-6-9/h2-3,9H,1,4-8H2,(H,15,17). The Morgan fingerprint density at radius 2 is 1.90 bits per heavy atom. The normalized spacial score (nSPS) is 18.3. The molecule has 1 aromatic heterocycles. The summed E-state index contributed by atoms with van der Waals surface area (Å²) in [5, 5.41) is 2.79. The molecule has 0 spiro atoms.